The van der Waals surface area contributed by atoms with Gasteiger partial charge in [-0.3, -0.25) is 9.59 Å². The average molecular weight is 195 g/mol. The maximum Gasteiger partial charge on any atom is 0.331 e. The minimum absolute atomic E-state index is 0.0935. The third kappa shape index (κ3) is 2.11. The van der Waals surface area contributed by atoms with Gasteiger partial charge in [-0.15, -0.1) is 0 Å². The smallest absolute Gasteiger partial charge is 0.331 e. The molecule has 0 heterocycles. The Labute approximate surface area is 82.8 Å². The Hall–Kier alpha value is -1.37. The number of Topliss-reactive ketones (excluding diaryl/α,β-unsaturated/α-hetero) is 1. The molecule has 76 valence electrons. The molecule has 0 aromatic heterocycles. The zero-order valence-corrected chi connectivity index (χ0v) is 8.16. The van der Waals surface area contributed by atoms with E-state index in [1.165, 1.54) is 0 Å². The van der Waals surface area contributed by atoms with E-state index < -0.39 is 11.9 Å². The molecule has 0 spiro atoms. The number of hydrogen-bond donors (Lipinski definition) is 0. The highest BCUT2D eigenvalue weighted by Crippen LogP contribution is 2.29. The molecule has 0 radical (unpaired) electrons. The fourth-order valence-corrected chi connectivity index (χ4v) is 1.39. The molecule has 0 amide bonds. The van der Waals surface area contributed by atoms with Gasteiger partial charge >= 0.3 is 5.97 Å². The Balaban J connectivity index is 2.57. The molecule has 1 saturated carbocycles. The van der Waals surface area contributed by atoms with Crippen molar-refractivity contribution in [1.82, 2.24) is 0 Å². The molecule has 4 nitrogen and oxygen atoms in total. The van der Waals surface area contributed by atoms with Crippen molar-refractivity contribution in [2.24, 2.45) is 11.8 Å². The Kier molecular flexibility index (Phi) is 3.63. The molecule has 1 aliphatic carbocycles. The number of ketones is 1. The minimum atomic E-state index is -1.21. The first kappa shape index (κ1) is 10.7. The molecule has 14 heavy (non-hydrogen) atoms. The first-order valence-electron chi connectivity index (χ1n) is 4.80. The number of nitrogens with zero attached hydrogens (tertiary/aromatic N) is 1. The first-order chi connectivity index (χ1) is 6.70. The number of nitriles is 1. The van der Waals surface area contributed by atoms with Crippen molar-refractivity contribution in [3.8, 4) is 6.07 Å². The lowest BCUT2D eigenvalue weighted by molar-refractivity contribution is -0.150. The van der Waals surface area contributed by atoms with Gasteiger partial charge < -0.3 is 4.74 Å². The monoisotopic (exact) mass is 195 g/mol. The third-order valence-corrected chi connectivity index (χ3v) is 2.44. The summed E-state index contributed by atoms with van der Waals surface area (Å²) in [5.41, 5.74) is 0. The van der Waals surface area contributed by atoms with Gasteiger partial charge in [0.2, 0.25) is 5.92 Å². The highest BCUT2D eigenvalue weighted by atomic mass is 16.5. The molecule has 0 unspecified atom stereocenters. The van der Waals surface area contributed by atoms with E-state index in [-0.39, 0.29) is 18.3 Å². The Morgan fingerprint density at radius 2 is 2.21 bits per heavy atom. The zero-order valence-electron chi connectivity index (χ0n) is 8.16. The van der Waals surface area contributed by atoms with Crippen LogP contribution in [0.2, 0.25) is 0 Å². The molecular formula is C10H13NO3. The molecule has 0 saturated heterocycles. The normalized spacial score (nSPS) is 17.7. The Morgan fingerprint density at radius 3 is 2.57 bits per heavy atom. The van der Waals surface area contributed by atoms with E-state index in [2.05, 4.69) is 4.74 Å². The quantitative estimate of drug-likeness (QED) is 0.497. The van der Waals surface area contributed by atoms with E-state index in [1.807, 2.05) is 0 Å². The van der Waals surface area contributed by atoms with Crippen LogP contribution in [0.15, 0.2) is 0 Å². The predicted octanol–water partition coefficient (Wildman–Crippen LogP) is 1.06. The van der Waals surface area contributed by atoms with Gasteiger partial charge in [-0.1, -0.05) is 6.42 Å². The van der Waals surface area contributed by atoms with Gasteiger partial charge in [-0.2, -0.15) is 5.26 Å². The van der Waals surface area contributed by atoms with E-state index in [1.54, 1.807) is 13.0 Å². The Morgan fingerprint density at radius 1 is 1.57 bits per heavy atom. The van der Waals surface area contributed by atoms with Crippen molar-refractivity contribution in [2.75, 3.05) is 6.61 Å². The summed E-state index contributed by atoms with van der Waals surface area (Å²) in [7, 11) is 0. The lowest BCUT2D eigenvalue weighted by Crippen LogP contribution is -2.33. The second-order valence-electron chi connectivity index (χ2n) is 3.34. The van der Waals surface area contributed by atoms with Crippen molar-refractivity contribution >= 4 is 11.8 Å². The summed E-state index contributed by atoms with van der Waals surface area (Å²) in [4.78, 5) is 22.7. The van der Waals surface area contributed by atoms with Crippen molar-refractivity contribution in [2.45, 2.75) is 26.2 Å². The van der Waals surface area contributed by atoms with Crippen molar-refractivity contribution in [1.29, 1.82) is 5.26 Å². The topological polar surface area (TPSA) is 67.2 Å². The SMILES string of the molecule is CCOC(=O)[C@@H](C#N)C(=O)C1CCC1. The van der Waals surface area contributed by atoms with Gasteiger partial charge in [0.15, 0.2) is 5.78 Å². The van der Waals surface area contributed by atoms with Gasteiger partial charge in [0.25, 0.3) is 0 Å². The molecule has 0 aromatic carbocycles. The molecule has 1 rings (SSSR count). The number of rotatable bonds is 4. The van der Waals surface area contributed by atoms with E-state index in [0.29, 0.717) is 0 Å². The van der Waals surface area contributed by atoms with E-state index >= 15 is 0 Å². The molecule has 1 aliphatic rings. The standard InChI is InChI=1S/C10H13NO3/c1-2-14-10(13)8(6-11)9(12)7-4-3-5-7/h7-8H,2-5H2,1H3/t8-/m0/s1. The fraction of sp³-hybridized carbons (Fsp3) is 0.700. The lowest BCUT2D eigenvalue weighted by atomic mass is 9.78. The van der Waals surface area contributed by atoms with Gasteiger partial charge in [0.1, 0.15) is 0 Å². The predicted molar refractivity (Wildman–Crippen MR) is 48.1 cm³/mol. The van der Waals surface area contributed by atoms with Gasteiger partial charge in [0.05, 0.1) is 12.7 Å². The molecule has 0 N–H and O–H groups in total. The summed E-state index contributed by atoms with van der Waals surface area (Å²) in [6.07, 6.45) is 2.62. The molecule has 1 atom stereocenters. The molecule has 0 aromatic rings. The summed E-state index contributed by atoms with van der Waals surface area (Å²) < 4.78 is 4.65. The minimum Gasteiger partial charge on any atom is -0.465 e. The second kappa shape index (κ2) is 4.75. The van der Waals surface area contributed by atoms with Crippen LogP contribution in [0.4, 0.5) is 0 Å². The molecular weight excluding hydrogens is 182 g/mol. The number of carbonyl (C=O) groups is 2. The van der Waals surface area contributed by atoms with Gasteiger partial charge in [-0.05, 0) is 19.8 Å². The van der Waals surface area contributed by atoms with Crippen LogP contribution in [-0.2, 0) is 14.3 Å². The van der Waals surface area contributed by atoms with Crippen LogP contribution >= 0.6 is 0 Å². The van der Waals surface area contributed by atoms with Crippen LogP contribution in [0.3, 0.4) is 0 Å². The summed E-state index contributed by atoms with van der Waals surface area (Å²) in [5, 5.41) is 8.69. The summed E-state index contributed by atoms with van der Waals surface area (Å²) >= 11 is 0. The van der Waals surface area contributed by atoms with Gasteiger partial charge in [-0.25, -0.2) is 0 Å². The highest BCUT2D eigenvalue weighted by Gasteiger charge is 2.36. The van der Waals surface area contributed by atoms with Crippen LogP contribution in [0.25, 0.3) is 0 Å². The number of ether oxygens (including phenoxy) is 1. The van der Waals surface area contributed by atoms with Crippen molar-refractivity contribution < 1.29 is 14.3 Å². The first-order valence-corrected chi connectivity index (χ1v) is 4.80. The van der Waals surface area contributed by atoms with Crippen LogP contribution < -0.4 is 0 Å². The van der Waals surface area contributed by atoms with E-state index in [9.17, 15) is 9.59 Å². The van der Waals surface area contributed by atoms with Crippen LogP contribution in [0.1, 0.15) is 26.2 Å². The molecule has 0 aliphatic heterocycles. The van der Waals surface area contributed by atoms with Crippen molar-refractivity contribution in [3.63, 3.8) is 0 Å². The Bertz CT molecular complexity index is 276. The van der Waals surface area contributed by atoms with Crippen LogP contribution in [0.5, 0.6) is 0 Å². The fourth-order valence-electron chi connectivity index (χ4n) is 1.39. The maximum atomic E-state index is 11.5. The molecule has 0 bridgehead atoms. The zero-order chi connectivity index (χ0) is 10.6. The third-order valence-electron chi connectivity index (χ3n) is 2.44. The summed E-state index contributed by atoms with van der Waals surface area (Å²) in [6, 6.07) is 1.71. The molecule has 4 heteroatoms. The number of carbonyl (C=O) groups excluding carboxylic acids is 2. The number of hydrogen-bond acceptors (Lipinski definition) is 4. The van der Waals surface area contributed by atoms with Crippen molar-refractivity contribution in [3.05, 3.63) is 0 Å². The lowest BCUT2D eigenvalue weighted by Gasteiger charge is -2.24. The highest BCUT2D eigenvalue weighted by molar-refractivity contribution is 6.03. The largest absolute Gasteiger partial charge is 0.465 e. The van der Waals surface area contributed by atoms with Crippen LogP contribution in [0, 0.1) is 23.2 Å². The maximum absolute atomic E-state index is 11.5. The summed E-state index contributed by atoms with van der Waals surface area (Å²) in [5.74, 6) is -2.27. The van der Waals surface area contributed by atoms with Crippen LogP contribution in [-0.4, -0.2) is 18.4 Å². The van der Waals surface area contributed by atoms with E-state index in [4.69, 9.17) is 5.26 Å². The number of esters is 1. The molecule has 1 fully saturated rings. The second-order valence-corrected chi connectivity index (χ2v) is 3.34. The average Bonchev–Trinajstić information content (AvgIpc) is 2.02. The van der Waals surface area contributed by atoms with E-state index in [0.717, 1.165) is 19.3 Å². The van der Waals surface area contributed by atoms with Gasteiger partial charge in [0, 0.05) is 5.92 Å². The summed E-state index contributed by atoms with van der Waals surface area (Å²) in [6.45, 7) is 1.86.